The molecule has 184 valence electrons. The summed E-state index contributed by atoms with van der Waals surface area (Å²) in [5, 5.41) is 19.5. The van der Waals surface area contributed by atoms with Gasteiger partial charge in [0, 0.05) is 21.7 Å². The third-order valence-corrected chi connectivity index (χ3v) is 7.52. The molecule has 5 rings (SSSR count). The molecule has 1 saturated carbocycles. The topological polar surface area (TPSA) is 124 Å². The fourth-order valence-electron chi connectivity index (χ4n) is 4.52. The van der Waals surface area contributed by atoms with Crippen LogP contribution in [0, 0.1) is 0 Å². The lowest BCUT2D eigenvalue weighted by Gasteiger charge is -2.19. The molecular weight excluding hydrogens is 501 g/mol. The summed E-state index contributed by atoms with van der Waals surface area (Å²) in [6.45, 7) is 3.51. The molecule has 0 radical (unpaired) electrons. The molecule has 2 aromatic heterocycles. The van der Waals surface area contributed by atoms with Gasteiger partial charge < -0.3 is 10.8 Å². The van der Waals surface area contributed by atoms with Crippen LogP contribution in [0.1, 0.15) is 71.6 Å². The molecule has 0 saturated heterocycles. The minimum Gasteiger partial charge on any atom is -0.481 e. The Bertz CT molecular complexity index is 1530. The maximum absolute atomic E-state index is 11.8. The van der Waals surface area contributed by atoms with Crippen LogP contribution in [0.4, 0.5) is 0 Å². The van der Waals surface area contributed by atoms with Crippen LogP contribution >= 0.6 is 23.2 Å². The largest absolute Gasteiger partial charge is 0.481 e. The van der Waals surface area contributed by atoms with E-state index in [4.69, 9.17) is 28.9 Å². The van der Waals surface area contributed by atoms with Crippen molar-refractivity contribution in [2.45, 2.75) is 44.6 Å². The molecule has 2 atom stereocenters. The number of rotatable bonds is 7. The standard InChI is InChI=1S/C26H23Cl2N5O3/c1-12(26(35)36)18-9-15(25(29)34)5-6-17(18)20-10-22-21(11-30-20)31-32-33(22)13(2)23-19(27)8-7-16(24(23)28)14-3-4-14/h5-14H,3-4H2,1-2H3,(H2,29,34)(H,35,36)/t12-,13+/m0/s1. The summed E-state index contributed by atoms with van der Waals surface area (Å²) >= 11 is 13.4. The maximum Gasteiger partial charge on any atom is 0.310 e. The molecule has 10 heteroatoms. The summed E-state index contributed by atoms with van der Waals surface area (Å²) < 4.78 is 1.74. The third kappa shape index (κ3) is 4.20. The van der Waals surface area contributed by atoms with Crippen LogP contribution in [0.15, 0.2) is 42.6 Å². The quantitative estimate of drug-likeness (QED) is 0.326. The smallest absolute Gasteiger partial charge is 0.310 e. The first kappa shape index (κ1) is 24.2. The Morgan fingerprint density at radius 3 is 2.56 bits per heavy atom. The van der Waals surface area contributed by atoms with E-state index in [-0.39, 0.29) is 11.6 Å². The zero-order chi connectivity index (χ0) is 25.7. The molecule has 4 aromatic rings. The lowest BCUT2D eigenvalue weighted by Crippen LogP contribution is -2.14. The molecule has 1 aliphatic rings. The zero-order valence-electron chi connectivity index (χ0n) is 19.6. The summed E-state index contributed by atoms with van der Waals surface area (Å²) in [5.41, 5.74) is 10.3. The van der Waals surface area contributed by atoms with Crippen LogP contribution in [-0.4, -0.2) is 37.0 Å². The van der Waals surface area contributed by atoms with E-state index in [9.17, 15) is 14.7 Å². The van der Waals surface area contributed by atoms with E-state index in [1.54, 1.807) is 36.0 Å². The van der Waals surface area contributed by atoms with Crippen molar-refractivity contribution in [1.82, 2.24) is 20.0 Å². The summed E-state index contributed by atoms with van der Waals surface area (Å²) in [6, 6.07) is 10.1. The molecule has 36 heavy (non-hydrogen) atoms. The minimum absolute atomic E-state index is 0.225. The number of primary amides is 1. The Morgan fingerprint density at radius 1 is 1.14 bits per heavy atom. The molecule has 0 unspecified atom stereocenters. The van der Waals surface area contributed by atoms with Gasteiger partial charge in [0.05, 0.1) is 34.4 Å². The lowest BCUT2D eigenvalue weighted by atomic mass is 9.91. The van der Waals surface area contributed by atoms with Crippen LogP contribution in [-0.2, 0) is 4.79 Å². The van der Waals surface area contributed by atoms with E-state index in [0.717, 1.165) is 24.0 Å². The molecule has 2 aromatic carbocycles. The molecule has 8 nitrogen and oxygen atoms in total. The van der Waals surface area contributed by atoms with E-state index in [1.165, 1.54) is 6.07 Å². The number of pyridine rings is 1. The second kappa shape index (κ2) is 9.19. The minimum atomic E-state index is -1.03. The highest BCUT2D eigenvalue weighted by Crippen LogP contribution is 2.47. The fraction of sp³-hybridized carbons (Fsp3) is 0.269. The zero-order valence-corrected chi connectivity index (χ0v) is 21.1. The predicted octanol–water partition coefficient (Wildman–Crippen LogP) is 5.57. The normalized spacial score (nSPS) is 15.1. The van der Waals surface area contributed by atoms with Gasteiger partial charge >= 0.3 is 5.97 Å². The van der Waals surface area contributed by atoms with Crippen LogP contribution in [0.3, 0.4) is 0 Å². The molecule has 1 aliphatic carbocycles. The summed E-state index contributed by atoms with van der Waals surface area (Å²) in [7, 11) is 0. The van der Waals surface area contributed by atoms with E-state index in [0.29, 0.717) is 43.8 Å². The van der Waals surface area contributed by atoms with Gasteiger partial charge in [-0.25, -0.2) is 4.68 Å². The molecule has 2 heterocycles. The number of fused-ring (bicyclic) bond motifs is 1. The number of benzene rings is 2. The first-order chi connectivity index (χ1) is 17.2. The Balaban J connectivity index is 1.63. The van der Waals surface area contributed by atoms with Crippen molar-refractivity contribution in [3.63, 3.8) is 0 Å². The van der Waals surface area contributed by atoms with E-state index in [2.05, 4.69) is 15.3 Å². The number of carbonyl (C=O) groups is 2. The molecular formula is C26H23Cl2N5O3. The summed E-state index contributed by atoms with van der Waals surface area (Å²) in [5.74, 6) is -2.09. The van der Waals surface area contributed by atoms with Crippen LogP contribution < -0.4 is 5.73 Å². The molecule has 3 N–H and O–H groups in total. The van der Waals surface area contributed by atoms with Gasteiger partial charge in [0.25, 0.3) is 0 Å². The number of halogens is 2. The van der Waals surface area contributed by atoms with Crippen LogP contribution in [0.2, 0.25) is 10.0 Å². The van der Waals surface area contributed by atoms with Crippen molar-refractivity contribution in [1.29, 1.82) is 0 Å². The van der Waals surface area contributed by atoms with Crippen LogP contribution in [0.25, 0.3) is 22.3 Å². The van der Waals surface area contributed by atoms with Gasteiger partial charge in [0.15, 0.2) is 0 Å². The highest BCUT2D eigenvalue weighted by molar-refractivity contribution is 6.36. The van der Waals surface area contributed by atoms with E-state index >= 15 is 0 Å². The number of carboxylic acids is 1. The highest BCUT2D eigenvalue weighted by atomic mass is 35.5. The predicted molar refractivity (Wildman–Crippen MR) is 138 cm³/mol. The number of carboxylic acid groups (broad SMARTS) is 1. The number of carbonyl (C=O) groups excluding carboxylic acids is 1. The number of nitrogens with two attached hydrogens (primary N) is 1. The molecule has 1 fully saturated rings. The van der Waals surface area contributed by atoms with E-state index in [1.807, 2.05) is 19.1 Å². The first-order valence-electron chi connectivity index (χ1n) is 11.5. The first-order valence-corrected chi connectivity index (χ1v) is 12.3. The SMILES string of the molecule is C[C@H](C(=O)O)c1cc(C(N)=O)ccc1-c1cc2c(cn1)nnn2[C@H](C)c1c(Cl)ccc(C2CC2)c1Cl. The van der Waals surface area contributed by atoms with Crippen LogP contribution in [0.5, 0.6) is 0 Å². The number of aromatic nitrogens is 4. The number of aliphatic carboxylic acids is 1. The van der Waals surface area contributed by atoms with Gasteiger partial charge in [-0.05, 0) is 68.0 Å². The maximum atomic E-state index is 11.8. The lowest BCUT2D eigenvalue weighted by molar-refractivity contribution is -0.138. The van der Waals surface area contributed by atoms with E-state index < -0.39 is 17.8 Å². The number of hydrogen-bond donors (Lipinski definition) is 2. The van der Waals surface area contributed by atoms with Gasteiger partial charge in [-0.15, -0.1) is 5.10 Å². The van der Waals surface area contributed by atoms with Gasteiger partial charge in [-0.1, -0.05) is 40.5 Å². The van der Waals surface area contributed by atoms with Crippen molar-refractivity contribution < 1.29 is 14.7 Å². The van der Waals surface area contributed by atoms with Crippen molar-refractivity contribution in [3.05, 3.63) is 74.9 Å². The summed E-state index contributed by atoms with van der Waals surface area (Å²) in [4.78, 5) is 28.0. The summed E-state index contributed by atoms with van der Waals surface area (Å²) in [6.07, 6.45) is 3.81. The molecule has 0 bridgehead atoms. The fourth-order valence-corrected chi connectivity index (χ4v) is 5.36. The van der Waals surface area contributed by atoms with Crippen molar-refractivity contribution in [2.75, 3.05) is 0 Å². The molecule has 0 aliphatic heterocycles. The number of hydrogen-bond acceptors (Lipinski definition) is 5. The highest BCUT2D eigenvalue weighted by Gasteiger charge is 2.29. The van der Waals surface area contributed by atoms with Gasteiger partial charge in [0.2, 0.25) is 5.91 Å². The van der Waals surface area contributed by atoms with Crippen molar-refractivity contribution in [2.24, 2.45) is 5.73 Å². The van der Waals surface area contributed by atoms with Crippen molar-refractivity contribution >= 4 is 46.1 Å². The monoisotopic (exact) mass is 523 g/mol. The Kier molecular flexibility index (Phi) is 6.18. The third-order valence-electron chi connectivity index (χ3n) is 6.76. The van der Waals surface area contributed by atoms with Gasteiger partial charge in [-0.2, -0.15) is 0 Å². The number of amides is 1. The van der Waals surface area contributed by atoms with Crippen molar-refractivity contribution in [3.8, 4) is 11.3 Å². The molecule has 1 amide bonds. The Hall–Kier alpha value is -3.49. The average Bonchev–Trinajstić information content (AvgIpc) is 3.60. The van der Waals surface area contributed by atoms with Gasteiger partial charge in [-0.3, -0.25) is 14.6 Å². The number of nitrogens with zero attached hydrogens (tertiary/aromatic N) is 4. The second-order valence-corrected chi connectivity index (χ2v) is 9.92. The Morgan fingerprint density at radius 2 is 1.89 bits per heavy atom. The second-order valence-electron chi connectivity index (χ2n) is 9.13. The Labute approximate surface area is 217 Å². The molecule has 0 spiro atoms. The van der Waals surface area contributed by atoms with Gasteiger partial charge in [0.1, 0.15) is 5.52 Å². The average molecular weight is 524 g/mol.